The number of phenols is 1. The van der Waals surface area contributed by atoms with Crippen LogP contribution in [0, 0.1) is 0 Å². The summed E-state index contributed by atoms with van der Waals surface area (Å²) in [5, 5.41) is 10.8. The van der Waals surface area contributed by atoms with Crippen LogP contribution in [-0.2, 0) is 5.88 Å². The van der Waals surface area contributed by atoms with Gasteiger partial charge in [-0.15, -0.1) is 22.9 Å². The van der Waals surface area contributed by atoms with Crippen molar-refractivity contribution in [1.29, 1.82) is 0 Å². The van der Waals surface area contributed by atoms with Gasteiger partial charge in [-0.1, -0.05) is 11.6 Å². The lowest BCUT2D eigenvalue weighted by atomic mass is 10.2. The number of rotatable bonds is 1. The molecule has 0 spiro atoms. The van der Waals surface area contributed by atoms with Gasteiger partial charge in [0.05, 0.1) is 10.6 Å². The van der Waals surface area contributed by atoms with Gasteiger partial charge in [-0.25, -0.2) is 0 Å². The normalized spacial score (nSPS) is 10.9. The van der Waals surface area contributed by atoms with E-state index in [-0.39, 0.29) is 5.75 Å². The second-order valence-electron chi connectivity index (χ2n) is 2.66. The highest BCUT2D eigenvalue weighted by Gasteiger charge is 2.07. The minimum Gasteiger partial charge on any atom is -0.506 e. The Morgan fingerprint density at radius 3 is 2.85 bits per heavy atom. The number of benzene rings is 1. The molecule has 0 unspecified atom stereocenters. The zero-order valence-corrected chi connectivity index (χ0v) is 8.88. The van der Waals surface area contributed by atoms with Crippen LogP contribution in [0.15, 0.2) is 18.2 Å². The van der Waals surface area contributed by atoms with Gasteiger partial charge in [0, 0.05) is 4.88 Å². The Labute approximate surface area is 89.5 Å². The molecular weight excluding hydrogens is 227 g/mol. The molecule has 0 amide bonds. The zero-order chi connectivity index (χ0) is 9.42. The van der Waals surface area contributed by atoms with Crippen molar-refractivity contribution in [3.05, 3.63) is 28.1 Å². The summed E-state index contributed by atoms with van der Waals surface area (Å²) >= 11 is 13.1. The molecule has 13 heavy (non-hydrogen) atoms. The van der Waals surface area contributed by atoms with Crippen molar-refractivity contribution in [2.75, 3.05) is 0 Å². The van der Waals surface area contributed by atoms with E-state index in [1.807, 2.05) is 12.1 Å². The molecular formula is C9H6Cl2OS. The highest BCUT2D eigenvalue weighted by atomic mass is 35.5. The molecule has 4 heteroatoms. The Balaban J connectivity index is 2.76. The quantitative estimate of drug-likeness (QED) is 0.738. The number of halogens is 2. The SMILES string of the molecule is Oc1ccc2cc(CCl)sc2c1Cl. The minimum absolute atomic E-state index is 0.122. The van der Waals surface area contributed by atoms with E-state index in [9.17, 15) is 5.11 Å². The van der Waals surface area contributed by atoms with Crippen LogP contribution in [-0.4, -0.2) is 5.11 Å². The van der Waals surface area contributed by atoms with Crippen molar-refractivity contribution in [3.8, 4) is 5.75 Å². The van der Waals surface area contributed by atoms with E-state index in [2.05, 4.69) is 0 Å². The first-order chi connectivity index (χ1) is 6.22. The van der Waals surface area contributed by atoms with Crippen molar-refractivity contribution in [3.63, 3.8) is 0 Å². The molecule has 0 aliphatic carbocycles. The van der Waals surface area contributed by atoms with Crippen molar-refractivity contribution in [2.45, 2.75) is 5.88 Å². The van der Waals surface area contributed by atoms with Gasteiger partial charge in [0.15, 0.2) is 0 Å². The molecule has 1 N–H and O–H groups in total. The molecule has 0 atom stereocenters. The van der Waals surface area contributed by atoms with Crippen LogP contribution in [0.5, 0.6) is 5.75 Å². The Morgan fingerprint density at radius 1 is 1.38 bits per heavy atom. The van der Waals surface area contributed by atoms with Gasteiger partial charge in [-0.3, -0.25) is 0 Å². The predicted octanol–water partition coefficient (Wildman–Crippen LogP) is 4.00. The molecule has 1 heterocycles. The molecule has 0 aliphatic heterocycles. The number of alkyl halides is 1. The summed E-state index contributed by atoms with van der Waals surface area (Å²) in [6.45, 7) is 0. The van der Waals surface area contributed by atoms with Gasteiger partial charge >= 0.3 is 0 Å². The molecule has 0 bridgehead atoms. The van der Waals surface area contributed by atoms with Crippen molar-refractivity contribution < 1.29 is 5.11 Å². The predicted molar refractivity (Wildman–Crippen MR) is 58.1 cm³/mol. The van der Waals surface area contributed by atoms with Crippen molar-refractivity contribution >= 4 is 44.6 Å². The van der Waals surface area contributed by atoms with Gasteiger partial charge in [-0.05, 0) is 23.6 Å². The highest BCUT2D eigenvalue weighted by Crippen LogP contribution is 2.37. The van der Waals surface area contributed by atoms with E-state index in [1.54, 1.807) is 6.07 Å². The molecule has 1 nitrogen and oxygen atoms in total. The lowest BCUT2D eigenvalue weighted by Crippen LogP contribution is -1.67. The number of hydrogen-bond acceptors (Lipinski definition) is 2. The van der Waals surface area contributed by atoms with E-state index in [4.69, 9.17) is 23.2 Å². The van der Waals surface area contributed by atoms with Crippen LogP contribution in [0.25, 0.3) is 10.1 Å². The summed E-state index contributed by atoms with van der Waals surface area (Å²) in [4.78, 5) is 1.06. The first kappa shape index (κ1) is 9.13. The highest BCUT2D eigenvalue weighted by molar-refractivity contribution is 7.19. The maximum absolute atomic E-state index is 9.34. The first-order valence-corrected chi connectivity index (χ1v) is 5.41. The third-order valence-electron chi connectivity index (χ3n) is 1.79. The van der Waals surface area contributed by atoms with Crippen molar-refractivity contribution in [1.82, 2.24) is 0 Å². The fourth-order valence-corrected chi connectivity index (χ4v) is 2.65. The van der Waals surface area contributed by atoms with E-state index in [0.717, 1.165) is 15.0 Å². The van der Waals surface area contributed by atoms with Crippen LogP contribution in [0.1, 0.15) is 4.88 Å². The van der Waals surface area contributed by atoms with Crippen LogP contribution >= 0.6 is 34.5 Å². The number of thiophene rings is 1. The van der Waals surface area contributed by atoms with Crippen LogP contribution in [0.4, 0.5) is 0 Å². The van der Waals surface area contributed by atoms with Gasteiger partial charge in [0.25, 0.3) is 0 Å². The largest absolute Gasteiger partial charge is 0.506 e. The maximum Gasteiger partial charge on any atom is 0.135 e. The number of hydrogen-bond donors (Lipinski definition) is 1. The van der Waals surface area contributed by atoms with E-state index in [0.29, 0.717) is 10.9 Å². The van der Waals surface area contributed by atoms with E-state index < -0.39 is 0 Å². The van der Waals surface area contributed by atoms with Crippen molar-refractivity contribution in [2.24, 2.45) is 0 Å². The molecule has 0 aliphatic rings. The fourth-order valence-electron chi connectivity index (χ4n) is 1.18. The summed E-state index contributed by atoms with van der Waals surface area (Å²) in [6.07, 6.45) is 0. The van der Waals surface area contributed by atoms with E-state index >= 15 is 0 Å². The monoisotopic (exact) mass is 232 g/mol. The average molecular weight is 233 g/mol. The first-order valence-electron chi connectivity index (χ1n) is 3.68. The summed E-state index contributed by atoms with van der Waals surface area (Å²) in [7, 11) is 0. The minimum atomic E-state index is 0.122. The number of fused-ring (bicyclic) bond motifs is 1. The topological polar surface area (TPSA) is 20.2 Å². The molecule has 2 rings (SSSR count). The molecule has 0 radical (unpaired) electrons. The van der Waals surface area contributed by atoms with Crippen LogP contribution in [0.3, 0.4) is 0 Å². The third kappa shape index (κ3) is 1.50. The molecule has 0 saturated carbocycles. The molecule has 2 aromatic rings. The molecule has 0 saturated heterocycles. The maximum atomic E-state index is 9.34. The molecule has 68 valence electrons. The standard InChI is InChI=1S/C9H6Cl2OS/c10-4-6-3-5-1-2-7(12)8(11)9(5)13-6/h1-3,12H,4H2. The Morgan fingerprint density at radius 2 is 2.15 bits per heavy atom. The summed E-state index contributed by atoms with van der Waals surface area (Å²) in [6, 6.07) is 5.41. The smallest absolute Gasteiger partial charge is 0.135 e. The number of aromatic hydroxyl groups is 1. The summed E-state index contributed by atoms with van der Waals surface area (Å²) in [5.41, 5.74) is 0. The third-order valence-corrected chi connectivity index (χ3v) is 3.90. The zero-order valence-electron chi connectivity index (χ0n) is 6.55. The van der Waals surface area contributed by atoms with Gasteiger partial charge in [0.2, 0.25) is 0 Å². The fraction of sp³-hybridized carbons (Fsp3) is 0.111. The summed E-state index contributed by atoms with van der Waals surface area (Å²) in [5.74, 6) is 0.605. The second kappa shape index (κ2) is 3.37. The average Bonchev–Trinajstić information content (AvgIpc) is 2.55. The Kier molecular flexibility index (Phi) is 2.37. The van der Waals surface area contributed by atoms with Gasteiger partial charge in [-0.2, -0.15) is 0 Å². The molecule has 1 aromatic heterocycles. The van der Waals surface area contributed by atoms with Gasteiger partial charge in [0.1, 0.15) is 10.8 Å². The second-order valence-corrected chi connectivity index (χ2v) is 4.45. The Bertz CT molecular complexity index is 450. The van der Waals surface area contributed by atoms with Gasteiger partial charge < -0.3 is 5.11 Å². The Hall–Kier alpha value is -0.440. The summed E-state index contributed by atoms with van der Waals surface area (Å²) < 4.78 is 0.900. The van der Waals surface area contributed by atoms with E-state index in [1.165, 1.54) is 11.3 Å². The molecule has 0 fully saturated rings. The molecule has 1 aromatic carbocycles. The van der Waals surface area contributed by atoms with Crippen LogP contribution in [0.2, 0.25) is 5.02 Å². The lowest BCUT2D eigenvalue weighted by molar-refractivity contribution is 0.476. The lowest BCUT2D eigenvalue weighted by Gasteiger charge is -1.95. The number of phenolic OH excluding ortho intramolecular Hbond substituents is 1. The van der Waals surface area contributed by atoms with Crippen LogP contribution < -0.4 is 0 Å².